The Balaban J connectivity index is 2.69. The number of nitrogens with two attached hydrogens (primary N) is 1. The minimum absolute atomic E-state index is 0.286. The van der Waals surface area contributed by atoms with E-state index in [1.54, 1.807) is 11.3 Å². The lowest BCUT2D eigenvalue weighted by Crippen LogP contribution is -2.09. The van der Waals surface area contributed by atoms with E-state index in [9.17, 15) is 5.11 Å². The second-order valence-corrected chi connectivity index (χ2v) is 3.54. The van der Waals surface area contributed by atoms with Crippen molar-refractivity contribution in [3.05, 3.63) is 34.5 Å². The molecule has 0 aliphatic rings. The van der Waals surface area contributed by atoms with Crippen LogP contribution in [0.2, 0.25) is 0 Å². The average molecular weight is 183 g/mol. The fraction of sp³-hybridized carbons (Fsp3) is 0.333. The Morgan fingerprint density at radius 2 is 2.50 bits per heavy atom. The van der Waals surface area contributed by atoms with Gasteiger partial charge >= 0.3 is 0 Å². The molecule has 0 fully saturated rings. The van der Waals surface area contributed by atoms with Crippen LogP contribution in [-0.2, 0) is 6.42 Å². The van der Waals surface area contributed by atoms with Crippen LogP contribution >= 0.6 is 11.3 Å². The van der Waals surface area contributed by atoms with Crippen LogP contribution in [0.5, 0.6) is 0 Å². The van der Waals surface area contributed by atoms with Crippen molar-refractivity contribution in [2.75, 3.05) is 6.54 Å². The predicted molar refractivity (Wildman–Crippen MR) is 52.2 cm³/mol. The molecule has 1 atom stereocenters. The maximum Gasteiger partial charge on any atom is 0.100 e. The number of hydrogen-bond acceptors (Lipinski definition) is 3. The zero-order valence-electron chi connectivity index (χ0n) is 6.86. The molecule has 0 radical (unpaired) electrons. The highest BCUT2D eigenvalue weighted by Crippen LogP contribution is 2.21. The van der Waals surface area contributed by atoms with Crippen molar-refractivity contribution in [2.24, 2.45) is 5.73 Å². The fourth-order valence-electron chi connectivity index (χ4n) is 0.959. The summed E-state index contributed by atoms with van der Waals surface area (Å²) in [5, 5.41) is 11.4. The molecule has 1 heterocycles. The molecule has 0 aliphatic carbocycles. The monoisotopic (exact) mass is 183 g/mol. The van der Waals surface area contributed by atoms with Gasteiger partial charge in [0.2, 0.25) is 0 Å². The fourth-order valence-corrected chi connectivity index (χ4v) is 1.88. The van der Waals surface area contributed by atoms with Crippen LogP contribution in [0, 0.1) is 0 Å². The molecule has 66 valence electrons. The van der Waals surface area contributed by atoms with Gasteiger partial charge in [-0.15, -0.1) is 17.9 Å². The Kier molecular flexibility index (Phi) is 3.47. The molecule has 0 amide bonds. The minimum Gasteiger partial charge on any atom is -0.386 e. The highest BCUT2D eigenvalue weighted by molar-refractivity contribution is 7.10. The third-order valence-electron chi connectivity index (χ3n) is 1.61. The maximum atomic E-state index is 9.37. The van der Waals surface area contributed by atoms with Gasteiger partial charge < -0.3 is 10.8 Å². The summed E-state index contributed by atoms with van der Waals surface area (Å²) in [6.07, 6.45) is 2.20. The van der Waals surface area contributed by atoms with Crippen LogP contribution < -0.4 is 5.73 Å². The summed E-state index contributed by atoms with van der Waals surface area (Å²) in [4.78, 5) is 0.939. The predicted octanol–water partition coefficient (Wildman–Crippen LogP) is 1.47. The van der Waals surface area contributed by atoms with Crippen molar-refractivity contribution in [1.82, 2.24) is 0 Å². The summed E-state index contributed by atoms with van der Waals surface area (Å²) in [7, 11) is 0. The first-order valence-corrected chi connectivity index (χ1v) is 4.72. The lowest BCUT2D eigenvalue weighted by atomic mass is 10.2. The topological polar surface area (TPSA) is 46.2 Å². The second kappa shape index (κ2) is 4.40. The van der Waals surface area contributed by atoms with Crippen molar-refractivity contribution in [1.29, 1.82) is 0 Å². The molecule has 0 spiro atoms. The molecule has 12 heavy (non-hydrogen) atoms. The summed E-state index contributed by atoms with van der Waals surface area (Å²) >= 11 is 1.54. The molecular formula is C9H13NOS. The number of rotatable bonds is 4. The van der Waals surface area contributed by atoms with E-state index >= 15 is 0 Å². The number of aliphatic hydroxyl groups excluding tert-OH is 1. The number of aliphatic hydroxyl groups is 1. The minimum atomic E-state index is -0.506. The van der Waals surface area contributed by atoms with Gasteiger partial charge in [0.25, 0.3) is 0 Å². The average Bonchev–Trinajstić information content (AvgIpc) is 2.52. The number of hydrogen-bond donors (Lipinski definition) is 2. The van der Waals surface area contributed by atoms with Crippen LogP contribution in [-0.4, -0.2) is 11.7 Å². The van der Waals surface area contributed by atoms with Gasteiger partial charge in [0.05, 0.1) is 0 Å². The molecular weight excluding hydrogens is 170 g/mol. The normalized spacial score (nSPS) is 12.8. The molecule has 2 nitrogen and oxygen atoms in total. The molecule has 1 unspecified atom stereocenters. The first-order chi connectivity index (χ1) is 5.77. The molecule has 0 saturated heterocycles. The summed E-state index contributed by atoms with van der Waals surface area (Å²) in [6, 6.07) is 1.98. The van der Waals surface area contributed by atoms with Gasteiger partial charge in [-0.05, 0) is 23.4 Å². The summed E-state index contributed by atoms with van der Waals surface area (Å²) in [5.74, 6) is 0. The van der Waals surface area contributed by atoms with Gasteiger partial charge in [-0.1, -0.05) is 6.08 Å². The van der Waals surface area contributed by atoms with Crippen LogP contribution in [0.3, 0.4) is 0 Å². The van der Waals surface area contributed by atoms with E-state index in [2.05, 4.69) is 6.58 Å². The van der Waals surface area contributed by atoms with Gasteiger partial charge in [0.15, 0.2) is 0 Å². The first kappa shape index (κ1) is 9.45. The SMILES string of the molecule is C=CCc1csc(C(O)CN)c1. The number of allylic oxidation sites excluding steroid dienone is 1. The van der Waals surface area contributed by atoms with E-state index in [0.717, 1.165) is 11.3 Å². The van der Waals surface area contributed by atoms with E-state index < -0.39 is 6.10 Å². The van der Waals surface area contributed by atoms with Gasteiger partial charge in [-0.25, -0.2) is 0 Å². The highest BCUT2D eigenvalue weighted by atomic mass is 32.1. The lowest BCUT2D eigenvalue weighted by molar-refractivity contribution is 0.190. The quantitative estimate of drug-likeness (QED) is 0.694. The van der Waals surface area contributed by atoms with Crippen LogP contribution in [0.4, 0.5) is 0 Å². The number of thiophene rings is 1. The molecule has 1 aromatic heterocycles. The standard InChI is InChI=1S/C9H13NOS/c1-2-3-7-4-9(12-6-7)8(11)5-10/h2,4,6,8,11H,1,3,5,10H2. The van der Waals surface area contributed by atoms with Gasteiger partial charge in [-0.2, -0.15) is 0 Å². The Labute approximate surface area is 76.3 Å². The van der Waals surface area contributed by atoms with Crippen molar-refractivity contribution in [3.8, 4) is 0 Å². The summed E-state index contributed by atoms with van der Waals surface area (Å²) in [5.41, 5.74) is 6.52. The Hall–Kier alpha value is -0.640. The Morgan fingerprint density at radius 1 is 1.75 bits per heavy atom. The van der Waals surface area contributed by atoms with Crippen LogP contribution in [0.1, 0.15) is 16.5 Å². The molecule has 0 saturated carbocycles. The third-order valence-corrected chi connectivity index (χ3v) is 2.69. The van der Waals surface area contributed by atoms with Gasteiger partial charge in [-0.3, -0.25) is 0 Å². The van der Waals surface area contributed by atoms with Crippen molar-refractivity contribution in [3.63, 3.8) is 0 Å². The highest BCUT2D eigenvalue weighted by Gasteiger charge is 2.07. The molecule has 0 aliphatic heterocycles. The Bertz CT molecular complexity index is 257. The van der Waals surface area contributed by atoms with Crippen molar-refractivity contribution < 1.29 is 5.11 Å². The first-order valence-electron chi connectivity index (χ1n) is 3.84. The van der Waals surface area contributed by atoms with E-state index in [0.29, 0.717) is 0 Å². The zero-order valence-corrected chi connectivity index (χ0v) is 7.68. The van der Waals surface area contributed by atoms with Crippen molar-refractivity contribution in [2.45, 2.75) is 12.5 Å². The molecule has 1 rings (SSSR count). The van der Waals surface area contributed by atoms with E-state index in [1.807, 2.05) is 17.5 Å². The van der Waals surface area contributed by atoms with Crippen LogP contribution in [0.15, 0.2) is 24.1 Å². The summed E-state index contributed by atoms with van der Waals surface area (Å²) < 4.78 is 0. The van der Waals surface area contributed by atoms with Crippen molar-refractivity contribution >= 4 is 11.3 Å². The zero-order chi connectivity index (χ0) is 8.97. The van der Waals surface area contributed by atoms with E-state index in [4.69, 9.17) is 5.73 Å². The molecule has 3 heteroatoms. The molecule has 0 bridgehead atoms. The lowest BCUT2D eigenvalue weighted by Gasteiger charge is -2.02. The Morgan fingerprint density at radius 3 is 3.08 bits per heavy atom. The van der Waals surface area contributed by atoms with Gasteiger partial charge in [0.1, 0.15) is 6.10 Å². The van der Waals surface area contributed by atoms with Gasteiger partial charge in [0, 0.05) is 11.4 Å². The third kappa shape index (κ3) is 2.17. The largest absolute Gasteiger partial charge is 0.386 e. The molecule has 1 aromatic rings. The molecule has 3 N–H and O–H groups in total. The molecule has 0 aromatic carbocycles. The maximum absolute atomic E-state index is 9.37. The van der Waals surface area contributed by atoms with E-state index in [-0.39, 0.29) is 6.54 Å². The summed E-state index contributed by atoms with van der Waals surface area (Å²) in [6.45, 7) is 3.93. The second-order valence-electron chi connectivity index (χ2n) is 2.60. The smallest absolute Gasteiger partial charge is 0.100 e. The van der Waals surface area contributed by atoms with Crippen LogP contribution in [0.25, 0.3) is 0 Å². The van der Waals surface area contributed by atoms with E-state index in [1.165, 1.54) is 5.56 Å².